The summed E-state index contributed by atoms with van der Waals surface area (Å²) in [7, 11) is 0. The first-order chi connectivity index (χ1) is 9.32. The number of nitro benzene ring substituents is 1. The van der Waals surface area contributed by atoms with E-state index in [1.165, 1.54) is 12.1 Å². The number of nitrogens with zero attached hydrogens (tertiary/aromatic N) is 2. The summed E-state index contributed by atoms with van der Waals surface area (Å²) in [4.78, 5) is 13.4. The lowest BCUT2D eigenvalue weighted by Gasteiger charge is -2.20. The Morgan fingerprint density at radius 3 is 2.40 bits per heavy atom. The van der Waals surface area contributed by atoms with Crippen LogP contribution in [0.25, 0.3) is 0 Å². The van der Waals surface area contributed by atoms with Gasteiger partial charge in [-0.05, 0) is 17.7 Å². The van der Waals surface area contributed by atoms with Crippen LogP contribution in [0.2, 0.25) is 0 Å². The lowest BCUT2D eigenvalue weighted by atomic mass is 10.0. The SMILES string of the molecule is CCC1=N[C@H](C(F)(F)F)[C@@H](c2ccc([N+](=O)[O-])cc2)O1. The largest absolute Gasteiger partial charge is 0.470 e. The van der Waals surface area contributed by atoms with Crippen molar-refractivity contribution >= 4 is 11.6 Å². The minimum absolute atomic E-state index is 0.0377. The summed E-state index contributed by atoms with van der Waals surface area (Å²) >= 11 is 0. The number of halogens is 3. The maximum absolute atomic E-state index is 12.9. The number of non-ortho nitro benzene ring substituents is 1. The number of nitro groups is 1. The average molecular weight is 288 g/mol. The topological polar surface area (TPSA) is 64.7 Å². The maximum atomic E-state index is 12.9. The highest BCUT2D eigenvalue weighted by Crippen LogP contribution is 2.39. The van der Waals surface area contributed by atoms with Gasteiger partial charge in [0.05, 0.1) is 4.92 Å². The van der Waals surface area contributed by atoms with Gasteiger partial charge in [-0.15, -0.1) is 0 Å². The third-order valence-corrected chi connectivity index (χ3v) is 2.90. The van der Waals surface area contributed by atoms with E-state index in [2.05, 4.69) is 4.99 Å². The van der Waals surface area contributed by atoms with Crippen molar-refractivity contribution in [3.05, 3.63) is 39.9 Å². The Kier molecular flexibility index (Phi) is 3.65. The van der Waals surface area contributed by atoms with Crippen molar-refractivity contribution in [2.24, 2.45) is 4.99 Å². The van der Waals surface area contributed by atoms with E-state index in [4.69, 9.17) is 4.74 Å². The molecular weight excluding hydrogens is 277 g/mol. The zero-order valence-corrected chi connectivity index (χ0v) is 10.4. The lowest BCUT2D eigenvalue weighted by Crippen LogP contribution is -2.31. The van der Waals surface area contributed by atoms with Crippen molar-refractivity contribution in [3.8, 4) is 0 Å². The lowest BCUT2D eigenvalue weighted by molar-refractivity contribution is -0.384. The molecule has 108 valence electrons. The van der Waals surface area contributed by atoms with Crippen molar-refractivity contribution in [1.82, 2.24) is 0 Å². The van der Waals surface area contributed by atoms with Gasteiger partial charge in [-0.3, -0.25) is 10.1 Å². The molecule has 0 N–H and O–H groups in total. The Morgan fingerprint density at radius 1 is 1.35 bits per heavy atom. The van der Waals surface area contributed by atoms with Gasteiger partial charge < -0.3 is 4.74 Å². The van der Waals surface area contributed by atoms with Crippen LogP contribution < -0.4 is 0 Å². The molecule has 20 heavy (non-hydrogen) atoms. The van der Waals surface area contributed by atoms with Crippen LogP contribution in [-0.2, 0) is 4.74 Å². The summed E-state index contributed by atoms with van der Waals surface area (Å²) in [6, 6.07) is 2.84. The Morgan fingerprint density at radius 2 is 1.95 bits per heavy atom. The van der Waals surface area contributed by atoms with Gasteiger partial charge in [0.25, 0.3) is 5.69 Å². The molecule has 2 atom stereocenters. The maximum Gasteiger partial charge on any atom is 0.414 e. The first kappa shape index (κ1) is 14.3. The third-order valence-electron chi connectivity index (χ3n) is 2.90. The quantitative estimate of drug-likeness (QED) is 0.632. The minimum Gasteiger partial charge on any atom is -0.470 e. The van der Waals surface area contributed by atoms with Crippen LogP contribution in [0.3, 0.4) is 0 Å². The fourth-order valence-electron chi connectivity index (χ4n) is 1.92. The highest BCUT2D eigenvalue weighted by Gasteiger charge is 2.50. The molecule has 0 saturated heterocycles. The molecule has 0 spiro atoms. The second-order valence-electron chi connectivity index (χ2n) is 4.25. The number of ether oxygens (including phenoxy) is 1. The second kappa shape index (κ2) is 5.10. The van der Waals surface area contributed by atoms with E-state index in [9.17, 15) is 23.3 Å². The van der Waals surface area contributed by atoms with Gasteiger partial charge in [0.1, 0.15) is 0 Å². The zero-order valence-electron chi connectivity index (χ0n) is 10.4. The molecule has 1 aromatic rings. The number of alkyl halides is 3. The number of aliphatic imine (C=N–C) groups is 1. The molecule has 1 aromatic carbocycles. The van der Waals surface area contributed by atoms with Crippen LogP contribution in [0, 0.1) is 10.1 Å². The van der Waals surface area contributed by atoms with E-state index in [1.54, 1.807) is 6.92 Å². The molecule has 0 bridgehead atoms. The zero-order chi connectivity index (χ0) is 14.9. The first-order valence-corrected chi connectivity index (χ1v) is 5.87. The van der Waals surface area contributed by atoms with Crippen LogP contribution in [0.1, 0.15) is 25.0 Å². The van der Waals surface area contributed by atoms with Gasteiger partial charge in [-0.25, -0.2) is 4.99 Å². The molecule has 1 aliphatic rings. The van der Waals surface area contributed by atoms with Crippen molar-refractivity contribution in [1.29, 1.82) is 0 Å². The molecule has 0 amide bonds. The summed E-state index contributed by atoms with van der Waals surface area (Å²) in [6.45, 7) is 1.64. The Balaban J connectivity index is 2.29. The first-order valence-electron chi connectivity index (χ1n) is 5.87. The van der Waals surface area contributed by atoms with E-state index >= 15 is 0 Å². The number of hydrogen-bond donors (Lipinski definition) is 0. The molecule has 0 unspecified atom stereocenters. The van der Waals surface area contributed by atoms with Gasteiger partial charge in [-0.1, -0.05) is 6.92 Å². The third kappa shape index (κ3) is 2.73. The van der Waals surface area contributed by atoms with Gasteiger partial charge >= 0.3 is 6.18 Å². The van der Waals surface area contributed by atoms with E-state index in [0.717, 1.165) is 12.1 Å². The Hall–Kier alpha value is -2.12. The molecule has 0 saturated carbocycles. The fourth-order valence-corrected chi connectivity index (χ4v) is 1.92. The van der Waals surface area contributed by atoms with Crippen LogP contribution in [0.5, 0.6) is 0 Å². The van der Waals surface area contributed by atoms with E-state index in [1.807, 2.05) is 0 Å². The smallest absolute Gasteiger partial charge is 0.414 e. The van der Waals surface area contributed by atoms with E-state index in [-0.39, 0.29) is 23.6 Å². The van der Waals surface area contributed by atoms with Crippen LogP contribution in [-0.4, -0.2) is 23.0 Å². The van der Waals surface area contributed by atoms with Gasteiger partial charge in [0.15, 0.2) is 18.0 Å². The molecule has 5 nitrogen and oxygen atoms in total. The number of rotatable bonds is 3. The highest BCUT2D eigenvalue weighted by atomic mass is 19.4. The van der Waals surface area contributed by atoms with Crippen molar-refractivity contribution in [3.63, 3.8) is 0 Å². The molecule has 0 aliphatic carbocycles. The van der Waals surface area contributed by atoms with Gasteiger partial charge in [-0.2, -0.15) is 13.2 Å². The van der Waals surface area contributed by atoms with E-state index < -0.39 is 23.2 Å². The highest BCUT2D eigenvalue weighted by molar-refractivity contribution is 5.78. The monoisotopic (exact) mass is 288 g/mol. The Labute approximate surface area is 112 Å². The summed E-state index contributed by atoms with van der Waals surface area (Å²) in [5, 5.41) is 10.5. The molecule has 0 aromatic heterocycles. The normalized spacial score (nSPS) is 22.3. The number of hydrogen-bond acceptors (Lipinski definition) is 4. The van der Waals surface area contributed by atoms with Crippen LogP contribution >= 0.6 is 0 Å². The van der Waals surface area contributed by atoms with Crippen molar-refractivity contribution < 1.29 is 22.8 Å². The molecule has 1 aliphatic heterocycles. The second-order valence-corrected chi connectivity index (χ2v) is 4.25. The molecule has 0 fully saturated rings. The Bertz CT molecular complexity index is 540. The molecular formula is C12H11F3N2O3. The fraction of sp³-hybridized carbons (Fsp3) is 0.417. The summed E-state index contributed by atoms with van der Waals surface area (Å²) in [5.41, 5.74) is 0.0251. The van der Waals surface area contributed by atoms with Crippen LogP contribution in [0.15, 0.2) is 29.3 Å². The summed E-state index contributed by atoms with van der Waals surface area (Å²) in [5.74, 6) is 0.0377. The van der Waals surface area contributed by atoms with E-state index in [0.29, 0.717) is 0 Å². The van der Waals surface area contributed by atoms with Gasteiger partial charge in [0, 0.05) is 18.6 Å². The minimum atomic E-state index is -4.52. The van der Waals surface area contributed by atoms with Gasteiger partial charge in [0.2, 0.25) is 0 Å². The van der Waals surface area contributed by atoms with Crippen molar-refractivity contribution in [2.45, 2.75) is 31.7 Å². The predicted octanol–water partition coefficient (Wildman–Crippen LogP) is 3.41. The van der Waals surface area contributed by atoms with Crippen LogP contribution in [0.4, 0.5) is 18.9 Å². The molecule has 0 radical (unpaired) electrons. The summed E-state index contributed by atoms with van der Waals surface area (Å²) in [6.07, 6.45) is -5.55. The summed E-state index contributed by atoms with van der Waals surface area (Å²) < 4.78 is 44.0. The number of benzene rings is 1. The molecule has 1 heterocycles. The van der Waals surface area contributed by atoms with Crippen molar-refractivity contribution in [2.75, 3.05) is 0 Å². The standard InChI is InChI=1S/C12H11F3N2O3/c1-2-9-16-11(12(13,14)15)10(20-9)7-3-5-8(6-4-7)17(18)19/h3-6,10-11H,2H2,1H3/t10-,11+/m1/s1. The average Bonchev–Trinajstić information content (AvgIpc) is 2.83. The molecule has 2 rings (SSSR count). The molecule has 8 heteroatoms. The predicted molar refractivity (Wildman–Crippen MR) is 64.5 cm³/mol.